The van der Waals surface area contributed by atoms with E-state index in [4.69, 9.17) is 9.90 Å². The SMILES string of the molecule is CC(=O)/C=C(/C)[O-].CC(=O)/C=C(/C)[O-].CC(=O)[O-].[Al+3]. The maximum absolute atomic E-state index is 9.98. The van der Waals surface area contributed by atoms with Gasteiger partial charge in [0.2, 0.25) is 0 Å². The number of rotatable bonds is 2. The summed E-state index contributed by atoms with van der Waals surface area (Å²) in [7, 11) is 0. The van der Waals surface area contributed by atoms with E-state index in [9.17, 15) is 19.8 Å². The summed E-state index contributed by atoms with van der Waals surface area (Å²) < 4.78 is 0. The Kier molecular flexibility index (Phi) is 22.5. The van der Waals surface area contributed by atoms with Gasteiger partial charge in [0.15, 0.2) is 11.6 Å². The minimum Gasteiger partial charge on any atom is -0.876 e. The molecular weight excluding hydrogens is 267 g/mol. The number of carboxylic acid groups (broad SMARTS) is 1. The number of hydrogen-bond acceptors (Lipinski definition) is 6. The first-order valence-corrected chi connectivity index (χ1v) is 4.88. The zero-order chi connectivity index (χ0) is 15.3. The second kappa shape index (κ2) is 16.4. The Balaban J connectivity index is -0.0000000900. The molecule has 0 radical (unpaired) electrons. The Hall–Kier alpha value is -1.58. The van der Waals surface area contributed by atoms with Gasteiger partial charge < -0.3 is 20.1 Å². The summed E-state index contributed by atoms with van der Waals surface area (Å²) in [5.41, 5.74) is 0. The number of hydrogen-bond donors (Lipinski definition) is 0. The molecule has 0 aliphatic rings. The summed E-state index contributed by atoms with van der Waals surface area (Å²) >= 11 is 0. The molecule has 0 aliphatic heterocycles. The van der Waals surface area contributed by atoms with E-state index >= 15 is 0 Å². The summed E-state index contributed by atoms with van der Waals surface area (Å²) in [4.78, 5) is 28.8. The number of ketones is 2. The average Bonchev–Trinajstić information content (AvgIpc) is 1.96. The van der Waals surface area contributed by atoms with Crippen LogP contribution < -0.4 is 15.3 Å². The van der Waals surface area contributed by atoms with Gasteiger partial charge in [-0.3, -0.25) is 9.59 Å². The molecule has 0 aromatic carbocycles. The van der Waals surface area contributed by atoms with E-state index in [1.807, 2.05) is 0 Å². The van der Waals surface area contributed by atoms with E-state index in [1.165, 1.54) is 27.7 Å². The zero-order valence-electron chi connectivity index (χ0n) is 11.7. The summed E-state index contributed by atoms with van der Waals surface area (Å²) in [6, 6.07) is 0. The van der Waals surface area contributed by atoms with Crippen molar-refractivity contribution < 1.29 is 29.7 Å². The standard InChI is InChI=1S/2C5H8O2.C2H4O2.Al/c2*1-4(6)3-5(2)7;1-2(3)4;/h2*3,6H,1-2H3;1H3,(H,3,4);/q;;;+3/p-3/b2*4-3-;;. The third-order valence-electron chi connectivity index (χ3n) is 0.813. The number of aliphatic carboxylic acids is 1. The molecule has 0 aromatic heterocycles. The van der Waals surface area contributed by atoms with E-state index in [0.29, 0.717) is 0 Å². The number of carbonyl (C=O) groups is 3. The Morgan fingerprint density at radius 3 is 0.842 bits per heavy atom. The van der Waals surface area contributed by atoms with Crippen molar-refractivity contribution >= 4 is 34.9 Å². The molecule has 0 N–H and O–H groups in total. The van der Waals surface area contributed by atoms with E-state index in [2.05, 4.69) is 0 Å². The summed E-state index contributed by atoms with van der Waals surface area (Å²) in [6.45, 7) is 6.37. The van der Waals surface area contributed by atoms with Gasteiger partial charge in [-0.05, 0) is 32.9 Å². The molecule has 0 fully saturated rings. The third-order valence-corrected chi connectivity index (χ3v) is 0.813. The minimum absolute atomic E-state index is 0. The Labute approximate surface area is 123 Å². The second-order valence-electron chi connectivity index (χ2n) is 3.22. The van der Waals surface area contributed by atoms with Crippen LogP contribution in [-0.4, -0.2) is 34.9 Å². The summed E-state index contributed by atoms with van der Waals surface area (Å²) in [6.07, 6.45) is 2.11. The fraction of sp³-hybridized carbons (Fsp3) is 0.417. The van der Waals surface area contributed by atoms with Gasteiger partial charge in [-0.15, -0.1) is 11.5 Å². The van der Waals surface area contributed by atoms with Crippen LogP contribution in [0.4, 0.5) is 0 Å². The van der Waals surface area contributed by atoms with Gasteiger partial charge in [-0.2, -0.15) is 0 Å². The Morgan fingerprint density at radius 1 is 0.684 bits per heavy atom. The monoisotopic (exact) mass is 284 g/mol. The molecule has 7 heteroatoms. The van der Waals surface area contributed by atoms with Gasteiger partial charge in [-0.25, -0.2) is 0 Å². The van der Waals surface area contributed by atoms with Gasteiger partial charge in [0.05, 0.1) is 0 Å². The van der Waals surface area contributed by atoms with Gasteiger partial charge in [0, 0.05) is 5.97 Å². The van der Waals surface area contributed by atoms with Crippen LogP contribution in [0.25, 0.3) is 0 Å². The molecule has 0 saturated heterocycles. The van der Waals surface area contributed by atoms with Crippen LogP contribution in [0.3, 0.4) is 0 Å². The number of carboxylic acids is 1. The van der Waals surface area contributed by atoms with Gasteiger partial charge in [0.25, 0.3) is 0 Å². The normalized spacial score (nSPS) is 9.74. The maximum Gasteiger partial charge on any atom is 3.00 e. The first-order chi connectivity index (χ1) is 7.98. The fourth-order valence-corrected chi connectivity index (χ4v) is 0.572. The predicted molar refractivity (Wildman–Crippen MR) is 65.3 cm³/mol. The first kappa shape index (κ1) is 26.1. The molecule has 0 aromatic rings. The molecule has 0 amide bonds. The Morgan fingerprint density at radius 2 is 0.842 bits per heavy atom. The molecule has 104 valence electrons. The third kappa shape index (κ3) is 82.8. The minimum atomic E-state index is -1.08. The first-order valence-electron chi connectivity index (χ1n) is 4.88. The van der Waals surface area contributed by atoms with Crippen LogP contribution in [0.2, 0.25) is 0 Å². The molecule has 0 rings (SSSR count). The molecule has 0 spiro atoms. The van der Waals surface area contributed by atoms with Crippen LogP contribution in [0.15, 0.2) is 23.7 Å². The van der Waals surface area contributed by atoms with Crippen LogP contribution in [0, 0.1) is 0 Å². The van der Waals surface area contributed by atoms with E-state index in [-0.39, 0.29) is 40.4 Å². The molecule has 0 atom stereocenters. The quantitative estimate of drug-likeness (QED) is 0.330. The number of allylic oxidation sites excluding steroid dienone is 4. The molecule has 19 heavy (non-hydrogen) atoms. The van der Waals surface area contributed by atoms with Gasteiger partial charge >= 0.3 is 17.4 Å². The fourth-order valence-electron chi connectivity index (χ4n) is 0.572. The zero-order valence-corrected chi connectivity index (χ0v) is 12.8. The van der Waals surface area contributed by atoms with Crippen molar-refractivity contribution in [1.29, 1.82) is 0 Å². The molecule has 6 nitrogen and oxygen atoms in total. The van der Waals surface area contributed by atoms with Crippen molar-refractivity contribution in [3.8, 4) is 0 Å². The summed E-state index contributed by atoms with van der Waals surface area (Å²) in [5, 5.41) is 28.8. The molecule has 0 unspecified atom stereocenters. The van der Waals surface area contributed by atoms with Crippen molar-refractivity contribution in [2.75, 3.05) is 0 Å². The molecule has 0 heterocycles. The van der Waals surface area contributed by atoms with Crippen molar-refractivity contribution in [2.24, 2.45) is 0 Å². The predicted octanol–water partition coefficient (Wildman–Crippen LogP) is -1.95. The average molecular weight is 284 g/mol. The Bertz CT molecular complexity index is 304. The maximum atomic E-state index is 9.98. The van der Waals surface area contributed by atoms with E-state index in [0.717, 1.165) is 19.1 Å². The van der Waals surface area contributed by atoms with E-state index < -0.39 is 5.97 Å². The van der Waals surface area contributed by atoms with Crippen LogP contribution in [0.1, 0.15) is 34.6 Å². The van der Waals surface area contributed by atoms with Crippen molar-refractivity contribution in [2.45, 2.75) is 34.6 Å². The van der Waals surface area contributed by atoms with Crippen molar-refractivity contribution in [1.82, 2.24) is 0 Å². The van der Waals surface area contributed by atoms with Crippen LogP contribution in [0.5, 0.6) is 0 Å². The molecule has 0 saturated carbocycles. The molecule has 0 aliphatic carbocycles. The van der Waals surface area contributed by atoms with E-state index in [1.54, 1.807) is 0 Å². The van der Waals surface area contributed by atoms with Crippen LogP contribution >= 0.6 is 0 Å². The largest absolute Gasteiger partial charge is 3.00 e. The van der Waals surface area contributed by atoms with Crippen molar-refractivity contribution in [3.05, 3.63) is 23.7 Å². The number of carbonyl (C=O) groups excluding carboxylic acids is 3. The topological polar surface area (TPSA) is 120 Å². The smallest absolute Gasteiger partial charge is 0.876 e. The second-order valence-corrected chi connectivity index (χ2v) is 3.22. The van der Waals surface area contributed by atoms with Gasteiger partial charge in [0.1, 0.15) is 0 Å². The van der Waals surface area contributed by atoms with Gasteiger partial charge in [-0.1, -0.05) is 13.8 Å². The molecule has 0 bridgehead atoms. The molecular formula is C12H17AlO6. The summed E-state index contributed by atoms with van der Waals surface area (Å²) in [5.74, 6) is -1.83. The van der Waals surface area contributed by atoms with Crippen LogP contribution in [-0.2, 0) is 14.4 Å². The van der Waals surface area contributed by atoms with Crippen molar-refractivity contribution in [3.63, 3.8) is 0 Å².